The highest BCUT2D eigenvalue weighted by molar-refractivity contribution is 5.46. The van der Waals surface area contributed by atoms with Crippen molar-refractivity contribution in [2.75, 3.05) is 13.7 Å². The monoisotopic (exact) mass is 289 g/mol. The summed E-state index contributed by atoms with van der Waals surface area (Å²) in [6.07, 6.45) is 0.596. The van der Waals surface area contributed by atoms with Crippen LogP contribution in [0.3, 0.4) is 0 Å². The van der Waals surface area contributed by atoms with Crippen molar-refractivity contribution in [1.29, 1.82) is 0 Å². The molecule has 0 aliphatic rings. The molecule has 2 N–H and O–H groups in total. The molecule has 0 heterocycles. The van der Waals surface area contributed by atoms with Crippen molar-refractivity contribution in [3.63, 3.8) is 0 Å². The van der Waals surface area contributed by atoms with E-state index in [0.29, 0.717) is 25.1 Å². The first-order valence-corrected chi connectivity index (χ1v) is 6.43. The van der Waals surface area contributed by atoms with Gasteiger partial charge in [-0.3, -0.25) is 0 Å². The molecule has 6 heteroatoms. The second kappa shape index (κ2) is 7.40. The van der Waals surface area contributed by atoms with Crippen molar-refractivity contribution in [2.45, 2.75) is 39.0 Å². The molecule has 0 radical (unpaired) electrons. The summed E-state index contributed by atoms with van der Waals surface area (Å²) in [7, 11) is 1.40. The van der Waals surface area contributed by atoms with Crippen LogP contribution in [0.2, 0.25) is 0 Å². The quantitative estimate of drug-likeness (QED) is 0.772. The number of hydrogen-bond acceptors (Lipinski definition) is 4. The van der Waals surface area contributed by atoms with Gasteiger partial charge in [-0.2, -0.15) is 8.78 Å². The molecule has 1 rings (SSSR count). The summed E-state index contributed by atoms with van der Waals surface area (Å²) < 4.78 is 34.4. The predicted molar refractivity (Wildman–Crippen MR) is 72.2 cm³/mol. The summed E-state index contributed by atoms with van der Waals surface area (Å²) in [4.78, 5) is 0. The zero-order valence-corrected chi connectivity index (χ0v) is 12.0. The Morgan fingerprint density at radius 1 is 1.40 bits per heavy atom. The van der Waals surface area contributed by atoms with Crippen molar-refractivity contribution in [1.82, 2.24) is 5.32 Å². The Morgan fingerprint density at radius 2 is 2.10 bits per heavy atom. The van der Waals surface area contributed by atoms with E-state index in [9.17, 15) is 13.9 Å². The summed E-state index contributed by atoms with van der Waals surface area (Å²) in [5.74, 6) is 0.278. The number of ether oxygens (including phenoxy) is 2. The zero-order valence-electron chi connectivity index (χ0n) is 12.0. The van der Waals surface area contributed by atoms with E-state index in [2.05, 4.69) is 10.1 Å². The molecule has 0 bridgehead atoms. The maximum Gasteiger partial charge on any atom is 0.387 e. The Bertz CT molecular complexity index is 425. The third-order valence-corrected chi connectivity index (χ3v) is 3.07. The van der Waals surface area contributed by atoms with E-state index in [1.54, 1.807) is 25.1 Å². The van der Waals surface area contributed by atoms with E-state index in [4.69, 9.17) is 4.74 Å². The van der Waals surface area contributed by atoms with Gasteiger partial charge >= 0.3 is 6.61 Å². The molecule has 0 aliphatic carbocycles. The number of methoxy groups -OCH3 is 1. The number of nitrogens with one attached hydrogen (secondary N) is 1. The number of para-hydroxylation sites is 1. The lowest BCUT2D eigenvalue weighted by atomic mass is 10.0. The summed E-state index contributed by atoms with van der Waals surface area (Å²) in [5, 5.41) is 12.9. The van der Waals surface area contributed by atoms with Gasteiger partial charge in [0.2, 0.25) is 0 Å². The summed E-state index contributed by atoms with van der Waals surface area (Å²) >= 11 is 0. The predicted octanol–water partition coefficient (Wildman–Crippen LogP) is 2.55. The molecule has 0 saturated carbocycles. The highest BCUT2D eigenvalue weighted by atomic mass is 19.3. The zero-order chi connectivity index (χ0) is 15.2. The normalized spacial score (nSPS) is 14.2. The van der Waals surface area contributed by atoms with E-state index >= 15 is 0 Å². The average Bonchev–Trinajstić information content (AvgIpc) is 2.39. The van der Waals surface area contributed by atoms with Crippen LogP contribution in [-0.2, 0) is 6.54 Å². The van der Waals surface area contributed by atoms with Gasteiger partial charge in [-0.25, -0.2) is 0 Å². The van der Waals surface area contributed by atoms with Crippen LogP contribution in [0, 0.1) is 0 Å². The number of benzene rings is 1. The molecular formula is C14H21F2NO3. The van der Waals surface area contributed by atoms with E-state index in [0.717, 1.165) is 0 Å². The number of alkyl halides is 2. The van der Waals surface area contributed by atoms with Crippen LogP contribution in [0.15, 0.2) is 18.2 Å². The summed E-state index contributed by atoms with van der Waals surface area (Å²) in [6.45, 7) is 1.33. The average molecular weight is 289 g/mol. The lowest BCUT2D eigenvalue weighted by molar-refractivity contribution is -0.0519. The maximum atomic E-state index is 12.4. The van der Waals surface area contributed by atoms with Crippen molar-refractivity contribution in [3.05, 3.63) is 23.8 Å². The molecular weight excluding hydrogens is 268 g/mol. The first kappa shape index (κ1) is 16.7. The van der Waals surface area contributed by atoms with Gasteiger partial charge < -0.3 is 19.9 Å². The van der Waals surface area contributed by atoms with Crippen LogP contribution in [0.5, 0.6) is 11.5 Å². The van der Waals surface area contributed by atoms with E-state index in [1.807, 2.05) is 6.92 Å². The first-order valence-electron chi connectivity index (χ1n) is 6.43. The van der Waals surface area contributed by atoms with Gasteiger partial charge in [-0.1, -0.05) is 19.1 Å². The van der Waals surface area contributed by atoms with Crippen LogP contribution in [0.1, 0.15) is 25.8 Å². The van der Waals surface area contributed by atoms with Gasteiger partial charge in [0.1, 0.15) is 0 Å². The summed E-state index contributed by atoms with van der Waals surface area (Å²) in [5.41, 5.74) is -0.278. The van der Waals surface area contributed by atoms with Crippen LogP contribution < -0.4 is 14.8 Å². The SMILES string of the molecule is CCC(C)(O)CNCc1cccc(OC)c1OC(F)F. The minimum absolute atomic E-state index is 0.0219. The summed E-state index contributed by atoms with van der Waals surface area (Å²) in [6, 6.07) is 4.93. The fraction of sp³-hybridized carbons (Fsp3) is 0.571. The molecule has 0 aromatic heterocycles. The Balaban J connectivity index is 2.78. The van der Waals surface area contributed by atoms with E-state index in [-0.39, 0.29) is 11.5 Å². The molecule has 1 aromatic carbocycles. The van der Waals surface area contributed by atoms with E-state index in [1.165, 1.54) is 7.11 Å². The minimum atomic E-state index is -2.91. The number of rotatable bonds is 8. The van der Waals surface area contributed by atoms with Crippen molar-refractivity contribution >= 4 is 0 Å². The molecule has 1 atom stereocenters. The topological polar surface area (TPSA) is 50.7 Å². The highest BCUT2D eigenvalue weighted by Crippen LogP contribution is 2.32. The van der Waals surface area contributed by atoms with Crippen molar-refractivity contribution in [2.24, 2.45) is 0 Å². The molecule has 0 fully saturated rings. The van der Waals surface area contributed by atoms with Gasteiger partial charge in [0.25, 0.3) is 0 Å². The fourth-order valence-electron chi connectivity index (χ4n) is 1.68. The van der Waals surface area contributed by atoms with Gasteiger partial charge in [0.05, 0.1) is 12.7 Å². The van der Waals surface area contributed by atoms with Crippen LogP contribution >= 0.6 is 0 Å². The van der Waals surface area contributed by atoms with Crippen LogP contribution in [0.4, 0.5) is 8.78 Å². The lowest BCUT2D eigenvalue weighted by Gasteiger charge is -2.22. The lowest BCUT2D eigenvalue weighted by Crippen LogP contribution is -2.36. The number of hydrogen-bond donors (Lipinski definition) is 2. The van der Waals surface area contributed by atoms with Crippen molar-refractivity contribution < 1.29 is 23.4 Å². The first-order chi connectivity index (χ1) is 9.39. The van der Waals surface area contributed by atoms with E-state index < -0.39 is 12.2 Å². The Hall–Kier alpha value is -1.40. The second-order valence-corrected chi connectivity index (χ2v) is 4.78. The van der Waals surface area contributed by atoms with Gasteiger partial charge in [0.15, 0.2) is 11.5 Å². The smallest absolute Gasteiger partial charge is 0.387 e. The van der Waals surface area contributed by atoms with Gasteiger partial charge in [-0.05, 0) is 19.4 Å². The molecule has 0 aliphatic heterocycles. The maximum absolute atomic E-state index is 12.4. The highest BCUT2D eigenvalue weighted by Gasteiger charge is 2.18. The Labute approximate surface area is 117 Å². The fourth-order valence-corrected chi connectivity index (χ4v) is 1.68. The minimum Gasteiger partial charge on any atom is -0.493 e. The van der Waals surface area contributed by atoms with Crippen LogP contribution in [0.25, 0.3) is 0 Å². The molecule has 0 amide bonds. The second-order valence-electron chi connectivity index (χ2n) is 4.78. The molecule has 1 unspecified atom stereocenters. The largest absolute Gasteiger partial charge is 0.493 e. The Morgan fingerprint density at radius 3 is 2.65 bits per heavy atom. The van der Waals surface area contributed by atoms with Crippen LogP contribution in [-0.4, -0.2) is 31.0 Å². The Kier molecular flexibility index (Phi) is 6.16. The van der Waals surface area contributed by atoms with Gasteiger partial charge in [-0.15, -0.1) is 0 Å². The standard InChI is InChI=1S/C14H21F2NO3/c1-4-14(2,18)9-17-8-10-6-5-7-11(19-3)12(10)20-13(15)16/h5-7,13,17-18H,4,8-9H2,1-3H3. The molecule has 20 heavy (non-hydrogen) atoms. The molecule has 1 aromatic rings. The number of halogens is 2. The molecule has 4 nitrogen and oxygen atoms in total. The number of aliphatic hydroxyl groups is 1. The molecule has 0 saturated heterocycles. The third kappa shape index (κ3) is 4.94. The molecule has 114 valence electrons. The van der Waals surface area contributed by atoms with Gasteiger partial charge in [0, 0.05) is 18.7 Å². The molecule has 0 spiro atoms. The van der Waals surface area contributed by atoms with Crippen molar-refractivity contribution in [3.8, 4) is 11.5 Å². The third-order valence-electron chi connectivity index (χ3n) is 3.07.